The van der Waals surface area contributed by atoms with Crippen molar-refractivity contribution in [2.45, 2.75) is 18.9 Å². The van der Waals surface area contributed by atoms with Gasteiger partial charge in [0.1, 0.15) is 35.3 Å². The van der Waals surface area contributed by atoms with Crippen LogP contribution in [0.15, 0.2) is 66.8 Å². The van der Waals surface area contributed by atoms with Crippen LogP contribution in [-0.2, 0) is 4.79 Å². The number of nitrogens with one attached hydrogen (secondary N) is 2. The number of likely N-dealkylation sites (N-methyl/N-ethyl adjacent to an activating group) is 1. The van der Waals surface area contributed by atoms with E-state index in [-0.39, 0.29) is 23.0 Å². The van der Waals surface area contributed by atoms with E-state index in [1.165, 1.54) is 38.8 Å². The zero-order valence-corrected chi connectivity index (χ0v) is 22.7. The summed E-state index contributed by atoms with van der Waals surface area (Å²) in [5, 5.41) is 6.27. The lowest BCUT2D eigenvalue weighted by Gasteiger charge is -2.16. The highest BCUT2D eigenvalue weighted by Gasteiger charge is 2.22. The monoisotopic (exact) mass is 563 g/mol. The molecule has 1 fully saturated rings. The summed E-state index contributed by atoms with van der Waals surface area (Å²) in [5.41, 5.74) is 1.85. The van der Waals surface area contributed by atoms with E-state index in [0.717, 1.165) is 25.5 Å². The first-order valence-electron chi connectivity index (χ1n) is 12.9. The molecule has 0 bridgehead atoms. The van der Waals surface area contributed by atoms with Gasteiger partial charge in [-0.2, -0.15) is 0 Å². The highest BCUT2D eigenvalue weighted by Crippen LogP contribution is 2.37. The minimum absolute atomic E-state index is 0.141. The number of likely N-dealkylation sites (tertiary alicyclic amines) is 1. The van der Waals surface area contributed by atoms with Gasteiger partial charge in [-0.1, -0.05) is 6.07 Å². The van der Waals surface area contributed by atoms with Gasteiger partial charge in [0, 0.05) is 29.1 Å². The molecule has 11 heteroatoms. The van der Waals surface area contributed by atoms with Crippen LogP contribution >= 0.6 is 0 Å². The van der Waals surface area contributed by atoms with E-state index in [2.05, 4.69) is 20.6 Å². The maximum atomic E-state index is 14.8. The maximum absolute atomic E-state index is 14.8. The molecule has 1 aromatic heterocycles. The van der Waals surface area contributed by atoms with Crippen molar-refractivity contribution in [1.82, 2.24) is 14.9 Å². The Morgan fingerprint density at radius 1 is 1.02 bits per heavy atom. The van der Waals surface area contributed by atoms with Crippen molar-refractivity contribution in [2.75, 3.05) is 38.4 Å². The lowest BCUT2D eigenvalue weighted by atomic mass is 10.0. The number of rotatable bonds is 8. The van der Waals surface area contributed by atoms with Crippen LogP contribution in [0, 0.1) is 11.6 Å². The summed E-state index contributed by atoms with van der Waals surface area (Å²) in [6.07, 6.45) is 4.39. The molecule has 2 heterocycles. The highest BCUT2D eigenvalue weighted by molar-refractivity contribution is 6.05. The van der Waals surface area contributed by atoms with Gasteiger partial charge in [-0.3, -0.25) is 9.69 Å². The number of methoxy groups -OCH3 is 2. The number of carbonyl (C=O) groups is 1. The van der Waals surface area contributed by atoms with E-state index < -0.39 is 23.4 Å². The van der Waals surface area contributed by atoms with Crippen molar-refractivity contribution in [1.29, 1.82) is 0 Å². The van der Waals surface area contributed by atoms with E-state index >= 15 is 0 Å². The van der Waals surface area contributed by atoms with E-state index in [9.17, 15) is 18.0 Å². The quantitative estimate of drug-likeness (QED) is 0.246. The molecule has 0 radical (unpaired) electrons. The SMILES string of the molecule is COc1cc2ncnc(Nc3cc(-c4ccc(F)cc4F)ccc3OC)c2cc1NC(=O)/C(F)=C/[C@H]1CCCN1C. The van der Waals surface area contributed by atoms with Gasteiger partial charge in [0.2, 0.25) is 0 Å². The molecule has 212 valence electrons. The number of anilines is 3. The third-order valence-electron chi connectivity index (χ3n) is 7.03. The van der Waals surface area contributed by atoms with Crippen LogP contribution in [0.2, 0.25) is 0 Å². The van der Waals surface area contributed by atoms with Gasteiger partial charge >= 0.3 is 0 Å². The average Bonchev–Trinajstić information content (AvgIpc) is 3.36. The molecular weight excluding hydrogens is 535 g/mol. The molecule has 1 saturated heterocycles. The maximum Gasteiger partial charge on any atom is 0.284 e. The molecule has 1 aliphatic heterocycles. The average molecular weight is 564 g/mol. The Labute approximate surface area is 234 Å². The second-order valence-electron chi connectivity index (χ2n) is 9.62. The molecular formula is C30H28F3N5O3. The molecule has 0 aliphatic carbocycles. The third kappa shape index (κ3) is 5.94. The second-order valence-corrected chi connectivity index (χ2v) is 9.62. The molecule has 8 nitrogen and oxygen atoms in total. The number of carbonyl (C=O) groups excluding carboxylic acids is 1. The summed E-state index contributed by atoms with van der Waals surface area (Å²) in [4.78, 5) is 23.4. The smallest absolute Gasteiger partial charge is 0.284 e. The summed E-state index contributed by atoms with van der Waals surface area (Å²) in [6, 6.07) is 11.4. The van der Waals surface area contributed by atoms with Crippen LogP contribution in [0.5, 0.6) is 11.5 Å². The number of benzene rings is 3. The van der Waals surface area contributed by atoms with Crippen LogP contribution < -0.4 is 20.1 Å². The lowest BCUT2D eigenvalue weighted by Crippen LogP contribution is -2.24. The van der Waals surface area contributed by atoms with Crippen molar-refractivity contribution in [3.63, 3.8) is 0 Å². The molecule has 41 heavy (non-hydrogen) atoms. The van der Waals surface area contributed by atoms with E-state index in [4.69, 9.17) is 9.47 Å². The number of nitrogens with zero attached hydrogens (tertiary/aromatic N) is 3. The van der Waals surface area contributed by atoms with Crippen molar-refractivity contribution < 1.29 is 27.4 Å². The predicted molar refractivity (Wildman–Crippen MR) is 151 cm³/mol. The number of hydrogen-bond donors (Lipinski definition) is 2. The summed E-state index contributed by atoms with van der Waals surface area (Å²) in [5.74, 6) is -2.10. The number of hydrogen-bond acceptors (Lipinski definition) is 7. The van der Waals surface area contributed by atoms with Crippen molar-refractivity contribution >= 4 is 34.0 Å². The van der Waals surface area contributed by atoms with Gasteiger partial charge in [0.25, 0.3) is 5.91 Å². The zero-order chi connectivity index (χ0) is 29.1. The Hall–Kier alpha value is -4.64. The van der Waals surface area contributed by atoms with Gasteiger partial charge in [-0.15, -0.1) is 0 Å². The minimum Gasteiger partial charge on any atom is -0.495 e. The molecule has 5 rings (SSSR count). The summed E-state index contributed by atoms with van der Waals surface area (Å²) in [6.45, 7) is 0.844. The predicted octanol–water partition coefficient (Wildman–Crippen LogP) is 6.22. The Kier molecular flexibility index (Phi) is 8.06. The van der Waals surface area contributed by atoms with Crippen LogP contribution in [0.4, 0.5) is 30.4 Å². The first-order chi connectivity index (χ1) is 19.8. The zero-order valence-electron chi connectivity index (χ0n) is 22.7. The molecule has 0 spiro atoms. The van der Waals surface area contributed by atoms with E-state index in [0.29, 0.717) is 33.7 Å². The van der Waals surface area contributed by atoms with Crippen LogP contribution in [0.1, 0.15) is 12.8 Å². The summed E-state index contributed by atoms with van der Waals surface area (Å²) < 4.78 is 53.7. The first-order valence-corrected chi connectivity index (χ1v) is 12.9. The van der Waals surface area contributed by atoms with E-state index in [1.54, 1.807) is 30.3 Å². The van der Waals surface area contributed by atoms with Crippen molar-refractivity contribution in [3.8, 4) is 22.6 Å². The first kappa shape index (κ1) is 27.9. The third-order valence-corrected chi connectivity index (χ3v) is 7.03. The number of aromatic nitrogens is 2. The van der Waals surface area contributed by atoms with Crippen LogP contribution in [0.3, 0.4) is 0 Å². The standard InChI is InChI=1S/C30H28F3N5O3/c1-38-10-4-5-19(38)13-23(33)30(39)37-26-14-21-24(15-28(26)41-3)34-16-35-29(21)36-25-11-17(6-9-27(25)40-2)20-8-7-18(31)12-22(20)32/h6-9,11-16,19H,4-5,10H2,1-3H3,(H,37,39)(H,34,35,36)/b23-13-/t19-/m1/s1. The molecule has 0 saturated carbocycles. The summed E-state index contributed by atoms with van der Waals surface area (Å²) >= 11 is 0. The fourth-order valence-electron chi connectivity index (χ4n) is 4.85. The molecule has 1 aliphatic rings. The fourth-order valence-corrected chi connectivity index (χ4v) is 4.85. The molecule has 4 aromatic rings. The molecule has 1 atom stereocenters. The molecule has 0 unspecified atom stereocenters. The van der Waals surface area contributed by atoms with Gasteiger partial charge in [-0.25, -0.2) is 23.1 Å². The Morgan fingerprint density at radius 2 is 1.83 bits per heavy atom. The second kappa shape index (κ2) is 11.8. The normalized spacial score (nSPS) is 15.7. The number of halogens is 3. The number of fused-ring (bicyclic) bond motifs is 1. The van der Waals surface area contributed by atoms with Crippen LogP contribution in [-0.4, -0.2) is 54.6 Å². The Morgan fingerprint density at radius 3 is 2.54 bits per heavy atom. The lowest BCUT2D eigenvalue weighted by molar-refractivity contribution is -0.114. The fraction of sp³-hybridized carbons (Fsp3) is 0.233. The van der Waals surface area contributed by atoms with Gasteiger partial charge in [-0.05, 0) is 68.4 Å². The summed E-state index contributed by atoms with van der Waals surface area (Å²) in [7, 11) is 4.81. The van der Waals surface area contributed by atoms with Crippen LogP contribution in [0.25, 0.3) is 22.0 Å². The van der Waals surface area contributed by atoms with Gasteiger partial charge in [0.15, 0.2) is 5.83 Å². The van der Waals surface area contributed by atoms with Crippen molar-refractivity contribution in [3.05, 3.63) is 78.4 Å². The molecule has 2 N–H and O–H groups in total. The largest absolute Gasteiger partial charge is 0.495 e. The topological polar surface area (TPSA) is 88.6 Å². The molecule has 3 aromatic carbocycles. The highest BCUT2D eigenvalue weighted by atomic mass is 19.1. The molecule has 1 amide bonds. The Bertz CT molecular complexity index is 1650. The van der Waals surface area contributed by atoms with Crippen molar-refractivity contribution in [2.24, 2.45) is 0 Å². The van der Waals surface area contributed by atoms with Gasteiger partial charge < -0.3 is 20.1 Å². The Balaban J connectivity index is 1.49. The number of amides is 1. The van der Waals surface area contributed by atoms with E-state index in [1.807, 2.05) is 11.9 Å². The minimum atomic E-state index is -0.898. The number of ether oxygens (including phenoxy) is 2. The van der Waals surface area contributed by atoms with Gasteiger partial charge in [0.05, 0.1) is 31.1 Å².